The van der Waals surface area contributed by atoms with Crippen LogP contribution in [0.4, 0.5) is 0 Å². The summed E-state index contributed by atoms with van der Waals surface area (Å²) in [6.07, 6.45) is 3.84. The highest BCUT2D eigenvalue weighted by Gasteiger charge is 2.43. The number of nitrogens with zero attached hydrogens (tertiary/aromatic N) is 2. The Kier molecular flexibility index (Phi) is 6.91. The third kappa shape index (κ3) is 4.54. The monoisotopic (exact) mass is 422 g/mol. The lowest BCUT2D eigenvalue weighted by atomic mass is 9.77. The molecule has 0 radical (unpaired) electrons. The summed E-state index contributed by atoms with van der Waals surface area (Å²) in [5.41, 5.74) is 1.17. The van der Waals surface area contributed by atoms with Crippen molar-refractivity contribution in [3.63, 3.8) is 0 Å². The molecule has 2 heterocycles. The molecule has 0 unspecified atom stereocenters. The van der Waals surface area contributed by atoms with Gasteiger partial charge in [-0.25, -0.2) is 0 Å². The summed E-state index contributed by atoms with van der Waals surface area (Å²) in [5, 5.41) is 10.8. The molecule has 1 aromatic carbocycles. The predicted molar refractivity (Wildman–Crippen MR) is 115 cm³/mol. The van der Waals surface area contributed by atoms with E-state index in [1.54, 1.807) is 26.0 Å². The molecule has 1 aliphatic carbocycles. The van der Waals surface area contributed by atoms with Gasteiger partial charge in [-0.1, -0.05) is 0 Å². The molecule has 0 bridgehead atoms. The molecule has 0 amide bonds. The first-order chi connectivity index (χ1) is 14.1. The van der Waals surface area contributed by atoms with E-state index in [9.17, 15) is 5.11 Å². The number of likely N-dealkylation sites (tertiary alicyclic amines) is 1. The van der Waals surface area contributed by atoms with Crippen LogP contribution in [0.15, 0.2) is 17.0 Å². The third-order valence-electron chi connectivity index (χ3n) is 6.88. The van der Waals surface area contributed by atoms with Gasteiger partial charge in [0.05, 0.1) is 38.4 Å². The van der Waals surface area contributed by atoms with Gasteiger partial charge in [-0.15, -0.1) is 11.8 Å². The summed E-state index contributed by atoms with van der Waals surface area (Å²) >= 11 is 1.67. The molecule has 4 atom stereocenters. The second kappa shape index (κ2) is 9.43. The molecule has 3 fully saturated rings. The van der Waals surface area contributed by atoms with Gasteiger partial charge in [-0.2, -0.15) is 0 Å². The van der Waals surface area contributed by atoms with Crippen molar-refractivity contribution < 1.29 is 19.3 Å². The molecule has 2 aliphatic heterocycles. The SMILES string of the molecule is COc1cc(SC)c(OC)cc1CN1C[C@H]2C[C@@H](N3CCOCC3)[C@H](O)C[C@H]2C1. The van der Waals surface area contributed by atoms with E-state index in [1.807, 2.05) is 0 Å². The van der Waals surface area contributed by atoms with Crippen LogP contribution in [0.1, 0.15) is 18.4 Å². The Morgan fingerprint density at radius 2 is 1.76 bits per heavy atom. The van der Waals surface area contributed by atoms with E-state index in [4.69, 9.17) is 14.2 Å². The van der Waals surface area contributed by atoms with Crippen LogP contribution >= 0.6 is 11.8 Å². The van der Waals surface area contributed by atoms with Gasteiger partial charge in [0.15, 0.2) is 0 Å². The minimum Gasteiger partial charge on any atom is -0.496 e. The molecule has 0 aromatic heterocycles. The van der Waals surface area contributed by atoms with Gasteiger partial charge >= 0.3 is 0 Å². The summed E-state index contributed by atoms with van der Waals surface area (Å²) in [5.74, 6) is 3.08. The standard InChI is InChI=1S/C22H34N2O4S/c1-26-20-11-22(29-3)21(27-2)10-17(20)14-23-12-15-8-18(19(25)9-16(15)13-23)24-4-6-28-7-5-24/h10-11,15-16,18-19,25H,4-9,12-14H2,1-3H3/t15-,16+,18-,19-/m1/s1. The number of ether oxygens (including phenoxy) is 3. The maximum Gasteiger partial charge on any atom is 0.132 e. The average Bonchev–Trinajstić information content (AvgIpc) is 3.14. The number of aliphatic hydroxyl groups excluding tert-OH is 1. The molecule has 29 heavy (non-hydrogen) atoms. The fourth-order valence-corrected chi connectivity index (χ4v) is 5.96. The van der Waals surface area contributed by atoms with Crippen molar-refractivity contribution in [2.24, 2.45) is 11.8 Å². The molecule has 2 saturated heterocycles. The maximum atomic E-state index is 10.8. The summed E-state index contributed by atoms with van der Waals surface area (Å²) in [6.45, 7) is 6.47. The summed E-state index contributed by atoms with van der Waals surface area (Å²) < 4.78 is 16.8. The van der Waals surface area contributed by atoms with Gasteiger partial charge in [0.2, 0.25) is 0 Å². The number of aliphatic hydroxyl groups is 1. The number of morpholine rings is 1. The molecule has 1 saturated carbocycles. The van der Waals surface area contributed by atoms with Gasteiger partial charge in [-0.3, -0.25) is 9.80 Å². The van der Waals surface area contributed by atoms with E-state index >= 15 is 0 Å². The second-order valence-corrected chi connectivity index (χ2v) is 9.34. The van der Waals surface area contributed by atoms with Gasteiger partial charge in [0.1, 0.15) is 11.5 Å². The maximum absolute atomic E-state index is 10.8. The largest absolute Gasteiger partial charge is 0.496 e. The van der Waals surface area contributed by atoms with Crippen LogP contribution in [0.25, 0.3) is 0 Å². The third-order valence-corrected chi connectivity index (χ3v) is 7.64. The molecule has 0 spiro atoms. The Morgan fingerprint density at radius 3 is 2.41 bits per heavy atom. The molecule has 4 rings (SSSR count). The van der Waals surface area contributed by atoms with E-state index in [1.165, 1.54) is 5.56 Å². The van der Waals surface area contributed by atoms with Crippen LogP contribution in [0.5, 0.6) is 11.5 Å². The van der Waals surface area contributed by atoms with Crippen LogP contribution in [-0.4, -0.2) is 86.9 Å². The minimum atomic E-state index is -0.218. The first kappa shape index (κ1) is 21.2. The average molecular weight is 423 g/mol. The Morgan fingerprint density at radius 1 is 1.07 bits per heavy atom. The molecule has 6 nitrogen and oxygen atoms in total. The Hall–Kier alpha value is -0.990. The van der Waals surface area contributed by atoms with Crippen molar-refractivity contribution in [3.8, 4) is 11.5 Å². The highest BCUT2D eigenvalue weighted by molar-refractivity contribution is 7.98. The molecular formula is C22H34N2O4S. The zero-order valence-corrected chi connectivity index (χ0v) is 18.6. The lowest BCUT2D eigenvalue weighted by Gasteiger charge is -2.43. The van der Waals surface area contributed by atoms with Crippen molar-refractivity contribution in [1.29, 1.82) is 0 Å². The molecule has 162 valence electrons. The molecule has 1 aromatic rings. The zero-order chi connectivity index (χ0) is 20.4. The van der Waals surface area contributed by atoms with Crippen LogP contribution in [-0.2, 0) is 11.3 Å². The Balaban J connectivity index is 1.44. The van der Waals surface area contributed by atoms with Crippen molar-refractivity contribution in [2.75, 3.05) is 59.9 Å². The van der Waals surface area contributed by atoms with Gasteiger partial charge < -0.3 is 19.3 Å². The second-order valence-electron chi connectivity index (χ2n) is 8.49. The summed E-state index contributed by atoms with van der Waals surface area (Å²) in [7, 11) is 3.46. The molecular weight excluding hydrogens is 388 g/mol. The van der Waals surface area contributed by atoms with Crippen molar-refractivity contribution in [2.45, 2.75) is 36.4 Å². The first-order valence-corrected chi connectivity index (χ1v) is 11.9. The van der Waals surface area contributed by atoms with Crippen molar-refractivity contribution >= 4 is 11.8 Å². The van der Waals surface area contributed by atoms with Crippen molar-refractivity contribution in [1.82, 2.24) is 9.80 Å². The first-order valence-electron chi connectivity index (χ1n) is 10.6. The number of methoxy groups -OCH3 is 2. The van der Waals surface area contributed by atoms with E-state index < -0.39 is 0 Å². The highest BCUT2D eigenvalue weighted by atomic mass is 32.2. The normalized spacial score (nSPS) is 30.9. The van der Waals surface area contributed by atoms with E-state index in [2.05, 4.69) is 28.2 Å². The molecule has 7 heteroatoms. The minimum absolute atomic E-state index is 0.218. The lowest BCUT2D eigenvalue weighted by molar-refractivity contribution is -0.0520. The summed E-state index contributed by atoms with van der Waals surface area (Å²) in [6, 6.07) is 4.49. The number of hydrogen-bond acceptors (Lipinski definition) is 7. The van der Waals surface area contributed by atoms with Gasteiger partial charge in [0.25, 0.3) is 0 Å². The van der Waals surface area contributed by atoms with Crippen LogP contribution in [0, 0.1) is 11.8 Å². The van der Waals surface area contributed by atoms with Gasteiger partial charge in [0, 0.05) is 44.3 Å². The lowest BCUT2D eigenvalue weighted by Crippen LogP contribution is -2.53. The Labute approximate surface area is 178 Å². The van der Waals surface area contributed by atoms with E-state index in [0.29, 0.717) is 11.8 Å². The van der Waals surface area contributed by atoms with Crippen LogP contribution in [0.3, 0.4) is 0 Å². The van der Waals surface area contributed by atoms with Crippen LogP contribution in [0.2, 0.25) is 0 Å². The Bertz CT molecular complexity index is 698. The smallest absolute Gasteiger partial charge is 0.132 e. The number of benzene rings is 1. The molecule has 1 N–H and O–H groups in total. The van der Waals surface area contributed by atoms with E-state index in [-0.39, 0.29) is 12.1 Å². The topological polar surface area (TPSA) is 54.4 Å². The van der Waals surface area contributed by atoms with Gasteiger partial charge in [-0.05, 0) is 43.1 Å². The number of rotatable bonds is 6. The molecule has 3 aliphatic rings. The highest BCUT2D eigenvalue weighted by Crippen LogP contribution is 2.40. The fraction of sp³-hybridized carbons (Fsp3) is 0.727. The van der Waals surface area contributed by atoms with E-state index in [0.717, 1.165) is 75.2 Å². The number of thioether (sulfide) groups is 1. The number of hydrogen-bond donors (Lipinski definition) is 1. The van der Waals surface area contributed by atoms with Crippen LogP contribution < -0.4 is 9.47 Å². The zero-order valence-electron chi connectivity index (χ0n) is 17.8. The number of fused-ring (bicyclic) bond motifs is 1. The fourth-order valence-electron chi connectivity index (χ4n) is 5.39. The van der Waals surface area contributed by atoms with Crippen molar-refractivity contribution in [3.05, 3.63) is 17.7 Å². The predicted octanol–water partition coefficient (Wildman–Crippen LogP) is 2.33. The quantitative estimate of drug-likeness (QED) is 0.706. The summed E-state index contributed by atoms with van der Waals surface area (Å²) in [4.78, 5) is 6.07.